The van der Waals surface area contributed by atoms with Crippen molar-refractivity contribution in [2.45, 2.75) is 39.5 Å². The fourth-order valence-electron chi connectivity index (χ4n) is 5.38. The number of methoxy groups -OCH3 is 1. The largest absolute Gasteiger partial charge is 0.496 e. The first-order valence-electron chi connectivity index (χ1n) is 15.9. The molecule has 0 aliphatic heterocycles. The van der Waals surface area contributed by atoms with Gasteiger partial charge in [-0.05, 0) is 44.0 Å². The van der Waals surface area contributed by atoms with Crippen LogP contribution in [0.4, 0.5) is 16.0 Å². The van der Waals surface area contributed by atoms with E-state index in [1.54, 1.807) is 49.4 Å². The first-order chi connectivity index (χ1) is 24.5. The lowest BCUT2D eigenvalue weighted by Gasteiger charge is -2.12. The van der Waals surface area contributed by atoms with Crippen LogP contribution >= 0.6 is 0 Å². The number of amides is 2. The van der Waals surface area contributed by atoms with Gasteiger partial charge in [0.25, 0.3) is 22.9 Å². The quantitative estimate of drug-likeness (QED) is 0.155. The number of rotatable bonds is 11. The Balaban J connectivity index is 1.32. The van der Waals surface area contributed by atoms with Crippen LogP contribution in [-0.4, -0.2) is 58.4 Å². The standard InChI is InChI=1S/C35H33FN10O5/c1-5-21-17-30(47)41-34(37-21)46-29(40-33(50)24-11-7-9-13-27(24)51-4)16-22(44-46)14-19(2)26-18-31(48)42-35(38-26)45-28(15-20(3)43-45)39-32(49)23-10-6-8-12-25(23)36/h6-13,15-19H,5,14H2,1-4H3,(H,39,49)(H,40,50)(H,37,41,47)(H,38,42,48). The van der Waals surface area contributed by atoms with Crippen molar-refractivity contribution in [1.82, 2.24) is 39.5 Å². The minimum absolute atomic E-state index is 0.0229. The molecule has 4 heterocycles. The SMILES string of the molecule is CCc1cc(=O)[nH]c(-n2nc(CC(C)c3cc(=O)[nH]c(-n4nc(C)cc4NC(=O)c4ccccc4F)n3)cc2NC(=O)c2ccccc2OC)n1. The van der Waals surface area contributed by atoms with Crippen LogP contribution in [0.5, 0.6) is 5.75 Å². The Morgan fingerprint density at radius 3 is 2.14 bits per heavy atom. The summed E-state index contributed by atoms with van der Waals surface area (Å²) in [4.78, 5) is 66.1. The molecule has 6 rings (SSSR count). The van der Waals surface area contributed by atoms with E-state index in [2.05, 4.69) is 40.8 Å². The van der Waals surface area contributed by atoms with E-state index < -0.39 is 29.1 Å². The second-order valence-corrected chi connectivity index (χ2v) is 11.6. The summed E-state index contributed by atoms with van der Waals surface area (Å²) in [5.41, 5.74) is 1.15. The van der Waals surface area contributed by atoms with Crippen molar-refractivity contribution in [3.8, 4) is 17.6 Å². The number of aryl methyl sites for hydroxylation is 2. The predicted octanol–water partition coefficient (Wildman–Crippen LogP) is 4.09. The normalized spacial score (nSPS) is 11.6. The second-order valence-electron chi connectivity index (χ2n) is 11.6. The van der Waals surface area contributed by atoms with Gasteiger partial charge in [-0.15, -0.1) is 0 Å². The molecule has 51 heavy (non-hydrogen) atoms. The van der Waals surface area contributed by atoms with E-state index in [0.29, 0.717) is 34.9 Å². The van der Waals surface area contributed by atoms with Crippen LogP contribution in [0, 0.1) is 12.7 Å². The Kier molecular flexibility index (Phi) is 9.66. The zero-order valence-corrected chi connectivity index (χ0v) is 28.0. The zero-order valence-electron chi connectivity index (χ0n) is 28.0. The highest BCUT2D eigenvalue weighted by atomic mass is 19.1. The minimum Gasteiger partial charge on any atom is -0.496 e. The molecule has 4 N–H and O–H groups in total. The van der Waals surface area contributed by atoms with E-state index in [1.165, 1.54) is 46.8 Å². The van der Waals surface area contributed by atoms with E-state index in [0.717, 1.165) is 0 Å². The molecule has 2 amide bonds. The van der Waals surface area contributed by atoms with Crippen molar-refractivity contribution >= 4 is 23.5 Å². The van der Waals surface area contributed by atoms with E-state index in [9.17, 15) is 23.6 Å². The fourth-order valence-corrected chi connectivity index (χ4v) is 5.38. The van der Waals surface area contributed by atoms with Crippen LogP contribution in [-0.2, 0) is 12.8 Å². The highest BCUT2D eigenvalue weighted by molar-refractivity contribution is 6.06. The summed E-state index contributed by atoms with van der Waals surface area (Å²) in [6.07, 6.45) is 0.735. The molecule has 0 fully saturated rings. The molecule has 15 nitrogen and oxygen atoms in total. The summed E-state index contributed by atoms with van der Waals surface area (Å²) in [6, 6.07) is 18.2. The van der Waals surface area contributed by atoms with Gasteiger partial charge in [-0.1, -0.05) is 38.1 Å². The third kappa shape index (κ3) is 7.49. The number of carbonyl (C=O) groups excluding carboxylic acids is 2. The Morgan fingerprint density at radius 2 is 1.43 bits per heavy atom. The molecule has 6 aromatic rings. The Hall–Kier alpha value is -6.71. The third-order valence-corrected chi connectivity index (χ3v) is 7.86. The molecule has 4 aromatic heterocycles. The Bertz CT molecular complexity index is 2380. The maximum atomic E-state index is 14.3. The Morgan fingerprint density at radius 1 is 0.824 bits per heavy atom. The summed E-state index contributed by atoms with van der Waals surface area (Å²) in [5.74, 6) is -1.39. The molecular weight excluding hydrogens is 659 g/mol. The highest BCUT2D eigenvalue weighted by Gasteiger charge is 2.22. The van der Waals surface area contributed by atoms with Gasteiger partial charge in [-0.2, -0.15) is 19.6 Å². The molecule has 0 saturated carbocycles. The van der Waals surface area contributed by atoms with Gasteiger partial charge in [-0.25, -0.2) is 14.4 Å². The number of aromatic nitrogens is 8. The van der Waals surface area contributed by atoms with Gasteiger partial charge in [0.1, 0.15) is 23.2 Å². The molecule has 1 atom stereocenters. The lowest BCUT2D eigenvalue weighted by molar-refractivity contribution is 0.101. The number of nitrogens with zero attached hydrogens (tertiary/aromatic N) is 6. The summed E-state index contributed by atoms with van der Waals surface area (Å²) in [7, 11) is 1.46. The van der Waals surface area contributed by atoms with Gasteiger partial charge in [0.15, 0.2) is 0 Å². The summed E-state index contributed by atoms with van der Waals surface area (Å²) in [5, 5.41) is 14.5. The van der Waals surface area contributed by atoms with Crippen molar-refractivity contribution in [2.75, 3.05) is 17.7 Å². The number of hydrogen-bond donors (Lipinski definition) is 4. The first-order valence-corrected chi connectivity index (χ1v) is 15.9. The summed E-state index contributed by atoms with van der Waals surface area (Å²) in [6.45, 7) is 5.39. The summed E-state index contributed by atoms with van der Waals surface area (Å²) < 4.78 is 22.2. The number of H-pyrrole nitrogens is 2. The average molecular weight is 693 g/mol. The molecule has 0 aliphatic carbocycles. The van der Waals surface area contributed by atoms with Crippen LogP contribution in [0.3, 0.4) is 0 Å². The number of halogens is 1. The third-order valence-electron chi connectivity index (χ3n) is 7.86. The highest BCUT2D eigenvalue weighted by Crippen LogP contribution is 2.25. The Labute approximate surface area is 289 Å². The van der Waals surface area contributed by atoms with Gasteiger partial charge in [0.2, 0.25) is 11.9 Å². The van der Waals surface area contributed by atoms with Crippen LogP contribution in [0.15, 0.2) is 82.4 Å². The molecule has 2 aromatic carbocycles. The molecule has 16 heteroatoms. The van der Waals surface area contributed by atoms with E-state index >= 15 is 0 Å². The monoisotopic (exact) mass is 692 g/mol. The van der Waals surface area contributed by atoms with Gasteiger partial charge >= 0.3 is 0 Å². The van der Waals surface area contributed by atoms with E-state index in [-0.39, 0.29) is 46.6 Å². The van der Waals surface area contributed by atoms with Crippen LogP contribution in [0.1, 0.15) is 63.3 Å². The number of benzene rings is 2. The van der Waals surface area contributed by atoms with Gasteiger partial charge in [-0.3, -0.25) is 29.1 Å². The molecule has 260 valence electrons. The first kappa shape index (κ1) is 34.2. The predicted molar refractivity (Wildman–Crippen MR) is 185 cm³/mol. The number of anilines is 2. The zero-order chi connectivity index (χ0) is 36.2. The second kappa shape index (κ2) is 14.4. The molecule has 0 aliphatic rings. The number of nitrogens with one attached hydrogen (secondary N) is 4. The van der Waals surface area contributed by atoms with Crippen molar-refractivity contribution in [2.24, 2.45) is 0 Å². The van der Waals surface area contributed by atoms with Crippen molar-refractivity contribution in [3.05, 3.63) is 133 Å². The van der Waals surface area contributed by atoms with Crippen molar-refractivity contribution in [1.29, 1.82) is 0 Å². The molecule has 1 unspecified atom stereocenters. The lowest BCUT2D eigenvalue weighted by atomic mass is 10.0. The van der Waals surface area contributed by atoms with E-state index in [1.807, 2.05) is 13.8 Å². The molecule has 0 saturated heterocycles. The fraction of sp³-hybridized carbons (Fsp3) is 0.200. The van der Waals surface area contributed by atoms with Crippen LogP contribution < -0.4 is 26.5 Å². The number of para-hydroxylation sites is 1. The van der Waals surface area contributed by atoms with E-state index in [4.69, 9.17) is 4.74 Å². The number of aromatic amines is 2. The topological polar surface area (TPSA) is 195 Å². The summed E-state index contributed by atoms with van der Waals surface area (Å²) >= 11 is 0. The minimum atomic E-state index is -0.703. The number of hydrogen-bond acceptors (Lipinski definition) is 9. The van der Waals surface area contributed by atoms with Crippen LogP contribution in [0.25, 0.3) is 11.9 Å². The van der Waals surface area contributed by atoms with Gasteiger partial charge in [0.05, 0.1) is 35.3 Å². The molecule has 0 spiro atoms. The molecule has 0 bridgehead atoms. The van der Waals surface area contributed by atoms with Gasteiger partial charge in [0, 0.05) is 35.9 Å². The van der Waals surface area contributed by atoms with Gasteiger partial charge < -0.3 is 15.4 Å². The average Bonchev–Trinajstić information content (AvgIpc) is 3.69. The maximum absolute atomic E-state index is 14.3. The van der Waals surface area contributed by atoms with Crippen molar-refractivity contribution < 1.29 is 18.7 Å². The molecular formula is C35H33FN10O5. The number of carbonyl (C=O) groups is 2. The lowest BCUT2D eigenvalue weighted by Crippen LogP contribution is -2.20. The number of ether oxygens (including phenoxy) is 1. The van der Waals surface area contributed by atoms with Crippen LogP contribution in [0.2, 0.25) is 0 Å². The van der Waals surface area contributed by atoms with Crippen molar-refractivity contribution in [3.63, 3.8) is 0 Å². The maximum Gasteiger partial charge on any atom is 0.260 e. The smallest absolute Gasteiger partial charge is 0.260 e. The molecule has 0 radical (unpaired) electrons.